The average molecular weight is 277 g/mol. The molecule has 0 saturated carbocycles. The monoisotopic (exact) mass is 277 g/mol. The maximum atomic E-state index is 4.76. The van der Waals surface area contributed by atoms with Crippen LogP contribution in [0.25, 0.3) is 0 Å². The van der Waals surface area contributed by atoms with Crippen LogP contribution < -0.4 is 10.2 Å². The molecule has 1 aromatic heterocycles. The van der Waals surface area contributed by atoms with Gasteiger partial charge in [0, 0.05) is 44.5 Å². The number of nitrogens with one attached hydrogen (secondary N) is 1. The van der Waals surface area contributed by atoms with E-state index in [1.807, 2.05) is 0 Å². The van der Waals surface area contributed by atoms with Crippen LogP contribution in [0, 0.1) is 5.92 Å². The second-order valence-corrected chi connectivity index (χ2v) is 5.96. The first kappa shape index (κ1) is 15.0. The normalized spacial score (nSPS) is 16.8. The van der Waals surface area contributed by atoms with E-state index in [0.717, 1.165) is 56.6 Å². The molecule has 0 amide bonds. The number of likely N-dealkylation sites (N-methyl/N-ethyl adjacent to an activating group) is 1. The van der Waals surface area contributed by atoms with Crippen molar-refractivity contribution in [2.45, 2.75) is 27.2 Å². The molecule has 0 spiro atoms. The van der Waals surface area contributed by atoms with Crippen molar-refractivity contribution in [2.24, 2.45) is 5.92 Å². The summed E-state index contributed by atoms with van der Waals surface area (Å²) in [4.78, 5) is 14.1. The largest absolute Gasteiger partial charge is 0.370 e. The molecule has 0 unspecified atom stereocenters. The topological polar surface area (TPSA) is 44.3 Å². The zero-order valence-corrected chi connectivity index (χ0v) is 13.2. The van der Waals surface area contributed by atoms with Crippen LogP contribution in [0.15, 0.2) is 6.07 Å². The van der Waals surface area contributed by atoms with E-state index < -0.39 is 0 Å². The molecule has 0 radical (unpaired) electrons. The van der Waals surface area contributed by atoms with E-state index in [0.29, 0.717) is 5.92 Å². The van der Waals surface area contributed by atoms with Crippen LogP contribution in [0.2, 0.25) is 0 Å². The van der Waals surface area contributed by atoms with Crippen LogP contribution in [0.3, 0.4) is 0 Å². The van der Waals surface area contributed by atoms with Gasteiger partial charge in [0.1, 0.15) is 5.82 Å². The molecule has 5 nitrogen and oxygen atoms in total. The number of hydrogen-bond donors (Lipinski definition) is 1. The highest BCUT2D eigenvalue weighted by molar-refractivity contribution is 5.44. The van der Waals surface area contributed by atoms with Crippen LogP contribution in [0.5, 0.6) is 0 Å². The summed E-state index contributed by atoms with van der Waals surface area (Å²) in [5, 5.41) is 3.32. The summed E-state index contributed by atoms with van der Waals surface area (Å²) in [7, 11) is 2.16. The fourth-order valence-corrected chi connectivity index (χ4v) is 2.43. The molecule has 20 heavy (non-hydrogen) atoms. The van der Waals surface area contributed by atoms with Crippen molar-refractivity contribution in [1.82, 2.24) is 14.9 Å². The number of aromatic nitrogens is 2. The SMILES string of the molecule is CCNc1cc(CC(C)C)nc(N2CCN(C)CC2)n1. The fourth-order valence-electron chi connectivity index (χ4n) is 2.43. The highest BCUT2D eigenvalue weighted by Gasteiger charge is 2.18. The Morgan fingerprint density at radius 2 is 1.90 bits per heavy atom. The highest BCUT2D eigenvalue weighted by Crippen LogP contribution is 2.17. The Morgan fingerprint density at radius 3 is 2.50 bits per heavy atom. The predicted octanol–water partition coefficient (Wildman–Crippen LogP) is 1.86. The number of hydrogen-bond acceptors (Lipinski definition) is 5. The van der Waals surface area contributed by atoms with Crippen molar-refractivity contribution >= 4 is 11.8 Å². The van der Waals surface area contributed by atoms with Gasteiger partial charge in [-0.3, -0.25) is 0 Å². The fraction of sp³-hybridized carbons (Fsp3) is 0.733. The quantitative estimate of drug-likeness (QED) is 0.890. The molecule has 1 saturated heterocycles. The molecule has 0 atom stereocenters. The molecule has 1 N–H and O–H groups in total. The van der Waals surface area contributed by atoms with E-state index >= 15 is 0 Å². The maximum absolute atomic E-state index is 4.76. The molecule has 5 heteroatoms. The third kappa shape index (κ3) is 4.07. The lowest BCUT2D eigenvalue weighted by molar-refractivity contribution is 0.311. The molecule has 0 bridgehead atoms. The summed E-state index contributed by atoms with van der Waals surface area (Å²) in [6.45, 7) is 11.6. The molecular weight excluding hydrogens is 250 g/mol. The molecule has 1 fully saturated rings. The molecule has 2 rings (SSSR count). The minimum Gasteiger partial charge on any atom is -0.370 e. The molecule has 1 aromatic rings. The molecule has 0 aromatic carbocycles. The molecule has 2 heterocycles. The van der Waals surface area contributed by atoms with Gasteiger partial charge in [0.2, 0.25) is 5.95 Å². The number of piperazine rings is 1. The minimum absolute atomic E-state index is 0.611. The van der Waals surface area contributed by atoms with Gasteiger partial charge in [-0.2, -0.15) is 4.98 Å². The number of anilines is 2. The van der Waals surface area contributed by atoms with Gasteiger partial charge in [0.15, 0.2) is 0 Å². The molecular formula is C15H27N5. The number of nitrogens with zero attached hydrogens (tertiary/aromatic N) is 4. The lowest BCUT2D eigenvalue weighted by atomic mass is 10.1. The second-order valence-electron chi connectivity index (χ2n) is 5.96. The standard InChI is InChI=1S/C15H27N5/c1-5-16-14-11-13(10-12(2)3)17-15(18-14)20-8-6-19(4)7-9-20/h11-12H,5-10H2,1-4H3,(H,16,17,18). The summed E-state index contributed by atoms with van der Waals surface area (Å²) < 4.78 is 0. The third-order valence-electron chi connectivity index (χ3n) is 3.53. The Kier molecular flexibility index (Phi) is 5.17. The zero-order chi connectivity index (χ0) is 14.5. The van der Waals surface area contributed by atoms with Crippen molar-refractivity contribution in [3.05, 3.63) is 11.8 Å². The Hall–Kier alpha value is -1.36. The van der Waals surface area contributed by atoms with Gasteiger partial charge in [-0.25, -0.2) is 4.98 Å². The van der Waals surface area contributed by atoms with E-state index in [2.05, 4.69) is 54.0 Å². The van der Waals surface area contributed by atoms with E-state index in [-0.39, 0.29) is 0 Å². The van der Waals surface area contributed by atoms with E-state index in [1.54, 1.807) is 0 Å². The molecule has 0 aliphatic carbocycles. The van der Waals surface area contributed by atoms with E-state index in [9.17, 15) is 0 Å². The van der Waals surface area contributed by atoms with Gasteiger partial charge in [0.05, 0.1) is 0 Å². The summed E-state index contributed by atoms with van der Waals surface area (Å²) in [5.74, 6) is 2.44. The van der Waals surface area contributed by atoms with Gasteiger partial charge in [-0.15, -0.1) is 0 Å². The molecule has 1 aliphatic heterocycles. The van der Waals surface area contributed by atoms with Crippen molar-refractivity contribution < 1.29 is 0 Å². The van der Waals surface area contributed by atoms with Crippen molar-refractivity contribution in [3.63, 3.8) is 0 Å². The second kappa shape index (κ2) is 6.88. The van der Waals surface area contributed by atoms with Gasteiger partial charge < -0.3 is 15.1 Å². The first-order valence-electron chi connectivity index (χ1n) is 7.63. The van der Waals surface area contributed by atoms with Crippen LogP contribution >= 0.6 is 0 Å². The van der Waals surface area contributed by atoms with Crippen molar-refractivity contribution in [3.8, 4) is 0 Å². The van der Waals surface area contributed by atoms with E-state index in [4.69, 9.17) is 4.98 Å². The van der Waals surface area contributed by atoms with Gasteiger partial charge in [-0.05, 0) is 26.3 Å². The van der Waals surface area contributed by atoms with Crippen LogP contribution in [0.4, 0.5) is 11.8 Å². The zero-order valence-electron chi connectivity index (χ0n) is 13.2. The van der Waals surface area contributed by atoms with E-state index in [1.165, 1.54) is 0 Å². The van der Waals surface area contributed by atoms with Crippen molar-refractivity contribution in [1.29, 1.82) is 0 Å². The lowest BCUT2D eigenvalue weighted by Gasteiger charge is -2.32. The van der Waals surface area contributed by atoms with Crippen molar-refractivity contribution in [2.75, 3.05) is 50.0 Å². The Balaban J connectivity index is 2.19. The van der Waals surface area contributed by atoms with Crippen LogP contribution in [0.1, 0.15) is 26.5 Å². The number of rotatable bonds is 5. The summed E-state index contributed by atoms with van der Waals surface area (Å²) >= 11 is 0. The third-order valence-corrected chi connectivity index (χ3v) is 3.53. The summed E-state index contributed by atoms with van der Waals surface area (Å²) in [5.41, 5.74) is 1.14. The maximum Gasteiger partial charge on any atom is 0.227 e. The van der Waals surface area contributed by atoms with Gasteiger partial charge in [0.25, 0.3) is 0 Å². The lowest BCUT2D eigenvalue weighted by Crippen LogP contribution is -2.45. The van der Waals surface area contributed by atoms with Gasteiger partial charge in [-0.1, -0.05) is 13.8 Å². The average Bonchev–Trinajstić information content (AvgIpc) is 2.38. The Morgan fingerprint density at radius 1 is 1.20 bits per heavy atom. The summed E-state index contributed by atoms with van der Waals surface area (Å²) in [6.07, 6.45) is 1.00. The Bertz CT molecular complexity index is 424. The summed E-state index contributed by atoms with van der Waals surface area (Å²) in [6, 6.07) is 2.09. The first-order valence-corrected chi connectivity index (χ1v) is 7.63. The predicted molar refractivity (Wildman–Crippen MR) is 84.4 cm³/mol. The molecule has 112 valence electrons. The first-order chi connectivity index (χ1) is 9.58. The minimum atomic E-state index is 0.611. The highest BCUT2D eigenvalue weighted by atomic mass is 15.3. The van der Waals surface area contributed by atoms with Crippen LogP contribution in [-0.2, 0) is 6.42 Å². The molecule has 1 aliphatic rings. The smallest absolute Gasteiger partial charge is 0.227 e. The van der Waals surface area contributed by atoms with Gasteiger partial charge >= 0.3 is 0 Å². The Labute approximate surface area is 122 Å². The van der Waals surface area contributed by atoms with Crippen LogP contribution in [-0.4, -0.2) is 54.6 Å².